The maximum Gasteiger partial charge on any atom is 0.273 e. The molecule has 0 saturated carbocycles. The summed E-state index contributed by atoms with van der Waals surface area (Å²) in [7, 11) is 0. The fourth-order valence-corrected chi connectivity index (χ4v) is 4.38. The Kier molecular flexibility index (Phi) is 4.48. The van der Waals surface area contributed by atoms with Crippen LogP contribution >= 0.6 is 22.9 Å². The van der Waals surface area contributed by atoms with Crippen LogP contribution in [0.1, 0.15) is 53.5 Å². The van der Waals surface area contributed by atoms with Crippen molar-refractivity contribution in [3.8, 4) is 0 Å². The second-order valence-electron chi connectivity index (χ2n) is 6.32. The zero-order valence-electron chi connectivity index (χ0n) is 14.0. The van der Waals surface area contributed by atoms with Gasteiger partial charge in [0.2, 0.25) is 0 Å². The fourth-order valence-electron chi connectivity index (χ4n) is 3.34. The van der Waals surface area contributed by atoms with Crippen molar-refractivity contribution in [2.45, 2.75) is 38.6 Å². The molecule has 4 rings (SSSR count). The second-order valence-corrected chi connectivity index (χ2v) is 7.70. The van der Waals surface area contributed by atoms with Gasteiger partial charge in [-0.1, -0.05) is 18.5 Å². The average Bonchev–Trinajstić information content (AvgIpc) is 3.32. The van der Waals surface area contributed by atoms with E-state index in [-0.39, 0.29) is 11.9 Å². The van der Waals surface area contributed by atoms with E-state index in [0.717, 1.165) is 54.1 Å². The van der Waals surface area contributed by atoms with Gasteiger partial charge in [-0.15, -0.1) is 11.3 Å². The standard InChI is InChI=1S/C18H19ClN4OS/c1-2-4-16-20-14(10-25-16)18(24)23-8-3-5-15(23)17-21-12-7-6-11(19)9-13(12)22-17/h6-7,9-10,15H,2-5,8H2,1H3,(H,21,22)/t15-/m0/s1. The Balaban J connectivity index is 1.61. The maximum atomic E-state index is 12.9. The number of aromatic amines is 1. The third-order valence-corrected chi connectivity index (χ3v) is 5.67. The molecular formula is C18H19ClN4OS. The van der Waals surface area contributed by atoms with Gasteiger partial charge in [0.1, 0.15) is 11.5 Å². The van der Waals surface area contributed by atoms with E-state index in [1.807, 2.05) is 28.5 Å². The molecule has 25 heavy (non-hydrogen) atoms. The first-order valence-corrected chi connectivity index (χ1v) is 9.82. The van der Waals surface area contributed by atoms with Gasteiger partial charge < -0.3 is 9.88 Å². The van der Waals surface area contributed by atoms with Crippen LogP contribution in [0.15, 0.2) is 23.6 Å². The Morgan fingerprint density at radius 1 is 1.44 bits per heavy atom. The number of rotatable bonds is 4. The van der Waals surface area contributed by atoms with Crippen LogP contribution in [0.2, 0.25) is 5.02 Å². The monoisotopic (exact) mass is 374 g/mol. The van der Waals surface area contributed by atoms with Gasteiger partial charge in [-0.05, 0) is 43.9 Å². The molecule has 1 fully saturated rings. The lowest BCUT2D eigenvalue weighted by molar-refractivity contribution is 0.0725. The van der Waals surface area contributed by atoms with Crippen LogP contribution in [-0.4, -0.2) is 32.3 Å². The number of hydrogen-bond donors (Lipinski definition) is 1. The minimum absolute atomic E-state index is 0.000378. The molecule has 7 heteroatoms. The molecule has 1 aliphatic rings. The van der Waals surface area contributed by atoms with E-state index in [0.29, 0.717) is 10.7 Å². The molecule has 1 amide bonds. The van der Waals surface area contributed by atoms with Gasteiger partial charge in [-0.3, -0.25) is 4.79 Å². The van der Waals surface area contributed by atoms with Gasteiger partial charge in [0.25, 0.3) is 5.91 Å². The number of hydrogen-bond acceptors (Lipinski definition) is 4. The Morgan fingerprint density at radius 3 is 3.16 bits per heavy atom. The number of fused-ring (bicyclic) bond motifs is 1. The fraction of sp³-hybridized carbons (Fsp3) is 0.389. The second kappa shape index (κ2) is 6.77. The largest absolute Gasteiger partial charge is 0.340 e. The Hall–Kier alpha value is -1.92. The summed E-state index contributed by atoms with van der Waals surface area (Å²) in [4.78, 5) is 27.3. The molecule has 1 aliphatic heterocycles. The van der Waals surface area contributed by atoms with Crippen LogP contribution in [0.25, 0.3) is 11.0 Å². The number of carbonyl (C=O) groups excluding carboxylic acids is 1. The van der Waals surface area contributed by atoms with Gasteiger partial charge in [0, 0.05) is 16.9 Å². The first-order chi connectivity index (χ1) is 12.2. The minimum atomic E-state index is -0.0324. The third-order valence-electron chi connectivity index (χ3n) is 4.53. The van der Waals surface area contributed by atoms with Crippen LogP contribution < -0.4 is 0 Å². The first-order valence-electron chi connectivity index (χ1n) is 8.56. The number of likely N-dealkylation sites (tertiary alicyclic amines) is 1. The van der Waals surface area contributed by atoms with Crippen molar-refractivity contribution < 1.29 is 4.79 Å². The molecule has 5 nitrogen and oxygen atoms in total. The number of nitrogens with one attached hydrogen (secondary N) is 1. The van der Waals surface area contributed by atoms with Gasteiger partial charge in [0.15, 0.2) is 0 Å². The minimum Gasteiger partial charge on any atom is -0.340 e. The van der Waals surface area contributed by atoms with Crippen LogP contribution in [0, 0.1) is 0 Å². The zero-order valence-corrected chi connectivity index (χ0v) is 15.5. The highest BCUT2D eigenvalue weighted by Gasteiger charge is 2.33. The average molecular weight is 375 g/mol. The molecule has 2 aromatic heterocycles. The van der Waals surface area contributed by atoms with Crippen molar-refractivity contribution in [1.82, 2.24) is 19.9 Å². The predicted octanol–water partition coefficient (Wildman–Crippen LogP) is 4.60. The number of benzene rings is 1. The summed E-state index contributed by atoms with van der Waals surface area (Å²) in [5.74, 6) is 0.826. The Bertz CT molecular complexity index is 919. The van der Waals surface area contributed by atoms with Crippen molar-refractivity contribution in [1.29, 1.82) is 0 Å². The summed E-state index contributed by atoms with van der Waals surface area (Å²) < 4.78 is 0. The molecule has 1 atom stereocenters. The van der Waals surface area contributed by atoms with Crippen molar-refractivity contribution in [2.75, 3.05) is 6.54 Å². The molecule has 1 aromatic carbocycles. The van der Waals surface area contributed by atoms with E-state index in [4.69, 9.17) is 11.6 Å². The van der Waals surface area contributed by atoms with Crippen molar-refractivity contribution >= 4 is 39.9 Å². The topological polar surface area (TPSA) is 61.9 Å². The highest BCUT2D eigenvalue weighted by molar-refractivity contribution is 7.09. The van der Waals surface area contributed by atoms with Gasteiger partial charge in [0.05, 0.1) is 22.1 Å². The predicted molar refractivity (Wildman–Crippen MR) is 100 cm³/mol. The van der Waals surface area contributed by atoms with Crippen LogP contribution in [0.4, 0.5) is 0 Å². The van der Waals surface area contributed by atoms with Crippen LogP contribution in [0.3, 0.4) is 0 Å². The van der Waals surface area contributed by atoms with Crippen molar-refractivity contribution in [2.24, 2.45) is 0 Å². The molecule has 0 bridgehead atoms. The molecule has 3 aromatic rings. The van der Waals surface area contributed by atoms with E-state index in [9.17, 15) is 4.79 Å². The molecule has 0 spiro atoms. The number of aromatic nitrogens is 3. The normalized spacial score (nSPS) is 17.5. The Labute approximate surface area is 155 Å². The highest BCUT2D eigenvalue weighted by atomic mass is 35.5. The molecule has 130 valence electrons. The van der Waals surface area contributed by atoms with Crippen molar-refractivity contribution in [3.05, 3.63) is 45.1 Å². The molecule has 0 aliphatic carbocycles. The van der Waals surface area contributed by atoms with E-state index < -0.39 is 0 Å². The van der Waals surface area contributed by atoms with E-state index in [1.54, 1.807) is 11.3 Å². The number of amides is 1. The Morgan fingerprint density at radius 2 is 2.32 bits per heavy atom. The number of imidazole rings is 1. The zero-order chi connectivity index (χ0) is 17.4. The SMILES string of the molecule is CCCc1nc(C(=O)N2CCC[C@H]2c2nc3ccc(Cl)cc3[nH]2)cs1. The lowest BCUT2D eigenvalue weighted by Crippen LogP contribution is -2.31. The smallest absolute Gasteiger partial charge is 0.273 e. The maximum absolute atomic E-state index is 12.9. The summed E-state index contributed by atoms with van der Waals surface area (Å²) in [6.07, 6.45) is 3.84. The first kappa shape index (κ1) is 16.5. The lowest BCUT2D eigenvalue weighted by Gasteiger charge is -2.22. The molecule has 0 unspecified atom stereocenters. The quantitative estimate of drug-likeness (QED) is 0.725. The summed E-state index contributed by atoms with van der Waals surface area (Å²) in [5, 5.41) is 3.58. The molecule has 3 heterocycles. The summed E-state index contributed by atoms with van der Waals surface area (Å²) in [5.41, 5.74) is 2.33. The summed E-state index contributed by atoms with van der Waals surface area (Å²) in [6.45, 7) is 2.86. The van der Waals surface area contributed by atoms with E-state index >= 15 is 0 Å². The van der Waals surface area contributed by atoms with Gasteiger partial charge >= 0.3 is 0 Å². The lowest BCUT2D eigenvalue weighted by atomic mass is 10.2. The summed E-state index contributed by atoms with van der Waals surface area (Å²) in [6, 6.07) is 5.56. The molecule has 1 N–H and O–H groups in total. The van der Waals surface area contributed by atoms with E-state index in [1.165, 1.54) is 0 Å². The molecule has 0 radical (unpaired) electrons. The number of thiazole rings is 1. The van der Waals surface area contributed by atoms with Crippen LogP contribution in [0.5, 0.6) is 0 Å². The number of halogens is 1. The summed E-state index contributed by atoms with van der Waals surface area (Å²) >= 11 is 7.62. The van der Waals surface area contributed by atoms with Crippen LogP contribution in [-0.2, 0) is 6.42 Å². The number of H-pyrrole nitrogens is 1. The highest BCUT2D eigenvalue weighted by Crippen LogP contribution is 2.33. The number of carbonyl (C=O) groups is 1. The van der Waals surface area contributed by atoms with Crippen molar-refractivity contribution in [3.63, 3.8) is 0 Å². The number of aryl methyl sites for hydroxylation is 1. The van der Waals surface area contributed by atoms with Gasteiger partial charge in [-0.2, -0.15) is 0 Å². The van der Waals surface area contributed by atoms with Gasteiger partial charge in [-0.25, -0.2) is 9.97 Å². The third kappa shape index (κ3) is 3.16. The molecular weight excluding hydrogens is 356 g/mol. The molecule has 1 saturated heterocycles. The van der Waals surface area contributed by atoms with E-state index in [2.05, 4.69) is 21.9 Å². The number of nitrogens with zero attached hydrogens (tertiary/aromatic N) is 3.